The summed E-state index contributed by atoms with van der Waals surface area (Å²) in [6.07, 6.45) is 0.139. The molecule has 1 aromatic rings. The number of hydrogen-bond donors (Lipinski definition) is 0. The topological polar surface area (TPSA) is 33.0 Å². The molecule has 0 N–H and O–H groups in total. The van der Waals surface area contributed by atoms with Gasteiger partial charge in [-0.1, -0.05) is 11.8 Å². The Bertz CT molecular complexity index is 437. The van der Waals surface area contributed by atoms with E-state index in [4.69, 9.17) is 10.00 Å². The van der Waals surface area contributed by atoms with Crippen molar-refractivity contribution in [2.45, 2.75) is 13.3 Å². The Balaban J connectivity index is 2.91. The fourth-order valence-corrected chi connectivity index (χ4v) is 1.07. The molecule has 0 radical (unpaired) electrons. The van der Waals surface area contributed by atoms with Gasteiger partial charge in [0.05, 0.1) is 19.1 Å². The number of ether oxygens (including phenoxy) is 1. The van der Waals surface area contributed by atoms with Crippen molar-refractivity contribution in [3.05, 3.63) is 29.6 Å². The molecule has 3 heteroatoms. The van der Waals surface area contributed by atoms with E-state index in [-0.39, 0.29) is 12.2 Å². The van der Waals surface area contributed by atoms with Gasteiger partial charge in [0, 0.05) is 11.6 Å². The van der Waals surface area contributed by atoms with Crippen LogP contribution in [-0.2, 0) is 0 Å². The molecule has 0 saturated heterocycles. The summed E-state index contributed by atoms with van der Waals surface area (Å²) < 4.78 is 18.2. The van der Waals surface area contributed by atoms with Crippen molar-refractivity contribution in [3.8, 4) is 23.7 Å². The SMILES string of the molecule is CCOc1cc(F)cc(C#CCC#N)c1. The zero-order valence-corrected chi connectivity index (χ0v) is 8.38. The van der Waals surface area contributed by atoms with Gasteiger partial charge in [-0.2, -0.15) is 5.26 Å². The van der Waals surface area contributed by atoms with Gasteiger partial charge in [0.25, 0.3) is 0 Å². The molecule has 0 heterocycles. The minimum atomic E-state index is -0.387. The molecule has 0 aromatic heterocycles. The highest BCUT2D eigenvalue weighted by Gasteiger charge is 1.98. The summed E-state index contributed by atoms with van der Waals surface area (Å²) in [4.78, 5) is 0. The quantitative estimate of drug-likeness (QED) is 0.692. The first-order valence-corrected chi connectivity index (χ1v) is 4.55. The summed E-state index contributed by atoms with van der Waals surface area (Å²) in [7, 11) is 0. The maximum atomic E-state index is 13.0. The standard InChI is InChI=1S/C12H10FNO/c1-2-15-12-8-10(5-3-4-6-14)7-11(13)9-12/h7-9H,2,4H2,1H3. The summed E-state index contributed by atoms with van der Waals surface area (Å²) in [5, 5.41) is 8.29. The number of nitriles is 1. The van der Waals surface area contributed by atoms with Gasteiger partial charge in [-0.15, -0.1) is 0 Å². The Labute approximate surface area is 88.3 Å². The largest absolute Gasteiger partial charge is 0.494 e. The highest BCUT2D eigenvalue weighted by Crippen LogP contribution is 2.15. The second-order valence-corrected chi connectivity index (χ2v) is 2.75. The van der Waals surface area contributed by atoms with Crippen LogP contribution in [0.15, 0.2) is 18.2 Å². The van der Waals surface area contributed by atoms with Crippen molar-refractivity contribution in [3.63, 3.8) is 0 Å². The molecule has 0 aliphatic rings. The van der Waals surface area contributed by atoms with Crippen LogP contribution in [0.4, 0.5) is 4.39 Å². The molecule has 0 aliphatic carbocycles. The van der Waals surface area contributed by atoms with Crippen LogP contribution in [-0.4, -0.2) is 6.61 Å². The fraction of sp³-hybridized carbons (Fsp3) is 0.250. The van der Waals surface area contributed by atoms with E-state index in [0.717, 1.165) is 0 Å². The Morgan fingerprint density at radius 3 is 2.87 bits per heavy atom. The van der Waals surface area contributed by atoms with Crippen LogP contribution < -0.4 is 4.74 Å². The van der Waals surface area contributed by atoms with E-state index in [0.29, 0.717) is 17.9 Å². The lowest BCUT2D eigenvalue weighted by Gasteiger charge is -2.02. The molecule has 0 aliphatic heterocycles. The Morgan fingerprint density at radius 2 is 2.20 bits per heavy atom. The predicted molar refractivity (Wildman–Crippen MR) is 54.7 cm³/mol. The summed E-state index contributed by atoms with van der Waals surface area (Å²) >= 11 is 0. The maximum absolute atomic E-state index is 13.0. The first kappa shape index (κ1) is 11.1. The Hall–Kier alpha value is -2.00. The van der Waals surface area contributed by atoms with Gasteiger partial charge in [-0.3, -0.25) is 0 Å². The van der Waals surface area contributed by atoms with Crippen LogP contribution >= 0.6 is 0 Å². The highest BCUT2D eigenvalue weighted by molar-refractivity contribution is 5.40. The van der Waals surface area contributed by atoms with Crippen LogP contribution in [0, 0.1) is 29.0 Å². The van der Waals surface area contributed by atoms with Crippen molar-refractivity contribution in [1.82, 2.24) is 0 Å². The molecular formula is C12H10FNO. The zero-order chi connectivity index (χ0) is 11.1. The summed E-state index contributed by atoms with van der Waals surface area (Å²) in [5.41, 5.74) is 0.522. The second kappa shape index (κ2) is 5.67. The van der Waals surface area contributed by atoms with E-state index in [1.807, 2.05) is 13.0 Å². The van der Waals surface area contributed by atoms with E-state index in [1.54, 1.807) is 6.07 Å². The van der Waals surface area contributed by atoms with E-state index in [2.05, 4.69) is 11.8 Å². The van der Waals surface area contributed by atoms with Gasteiger partial charge in [0.1, 0.15) is 11.6 Å². The number of hydrogen-bond acceptors (Lipinski definition) is 2. The van der Waals surface area contributed by atoms with E-state index in [9.17, 15) is 4.39 Å². The highest BCUT2D eigenvalue weighted by atomic mass is 19.1. The molecule has 1 aromatic carbocycles. The van der Waals surface area contributed by atoms with Crippen molar-refractivity contribution in [2.75, 3.05) is 6.61 Å². The van der Waals surface area contributed by atoms with Crippen LogP contribution in [0.5, 0.6) is 5.75 Å². The summed E-state index contributed by atoms with van der Waals surface area (Å²) in [6.45, 7) is 2.31. The normalized spacial score (nSPS) is 8.60. The summed E-state index contributed by atoms with van der Waals surface area (Å²) in [5.74, 6) is 5.38. The monoisotopic (exact) mass is 203 g/mol. The molecule has 0 amide bonds. The number of benzene rings is 1. The first-order chi connectivity index (χ1) is 7.26. The molecule has 0 unspecified atom stereocenters. The second-order valence-electron chi connectivity index (χ2n) is 2.75. The lowest BCUT2D eigenvalue weighted by atomic mass is 10.2. The molecule has 1 rings (SSSR count). The average Bonchev–Trinajstić information content (AvgIpc) is 2.18. The van der Waals surface area contributed by atoms with Crippen molar-refractivity contribution >= 4 is 0 Å². The fourth-order valence-electron chi connectivity index (χ4n) is 1.07. The van der Waals surface area contributed by atoms with Crippen LogP contribution in [0.1, 0.15) is 18.9 Å². The molecule has 0 spiro atoms. The maximum Gasteiger partial charge on any atom is 0.128 e. The number of rotatable bonds is 2. The van der Waals surface area contributed by atoms with Gasteiger partial charge < -0.3 is 4.74 Å². The van der Waals surface area contributed by atoms with Crippen molar-refractivity contribution < 1.29 is 9.13 Å². The lowest BCUT2D eigenvalue weighted by Crippen LogP contribution is -1.92. The predicted octanol–water partition coefficient (Wildman–Crippen LogP) is 2.49. The van der Waals surface area contributed by atoms with E-state index in [1.165, 1.54) is 12.1 Å². The van der Waals surface area contributed by atoms with E-state index >= 15 is 0 Å². The zero-order valence-electron chi connectivity index (χ0n) is 8.38. The van der Waals surface area contributed by atoms with Gasteiger partial charge >= 0.3 is 0 Å². The molecule has 0 saturated carbocycles. The minimum absolute atomic E-state index is 0.139. The van der Waals surface area contributed by atoms with Crippen molar-refractivity contribution in [2.24, 2.45) is 0 Å². The number of nitrogens with zero attached hydrogens (tertiary/aromatic N) is 1. The molecular weight excluding hydrogens is 193 g/mol. The van der Waals surface area contributed by atoms with Crippen LogP contribution in [0.25, 0.3) is 0 Å². The smallest absolute Gasteiger partial charge is 0.128 e. The first-order valence-electron chi connectivity index (χ1n) is 4.55. The van der Waals surface area contributed by atoms with Gasteiger partial charge in [0.15, 0.2) is 0 Å². The molecule has 0 bridgehead atoms. The van der Waals surface area contributed by atoms with Gasteiger partial charge in [0.2, 0.25) is 0 Å². The molecule has 15 heavy (non-hydrogen) atoms. The third-order valence-corrected chi connectivity index (χ3v) is 1.58. The minimum Gasteiger partial charge on any atom is -0.494 e. The third-order valence-electron chi connectivity index (χ3n) is 1.58. The average molecular weight is 203 g/mol. The molecule has 2 nitrogen and oxygen atoms in total. The van der Waals surface area contributed by atoms with Crippen LogP contribution in [0.3, 0.4) is 0 Å². The van der Waals surface area contributed by atoms with Gasteiger partial charge in [-0.25, -0.2) is 4.39 Å². The summed E-state index contributed by atoms with van der Waals surface area (Å²) in [6, 6.07) is 6.16. The third kappa shape index (κ3) is 3.70. The molecule has 0 fully saturated rings. The molecule has 0 atom stereocenters. The molecule has 76 valence electrons. The lowest BCUT2D eigenvalue weighted by molar-refractivity contribution is 0.338. The van der Waals surface area contributed by atoms with Crippen LogP contribution in [0.2, 0.25) is 0 Å². The van der Waals surface area contributed by atoms with Crippen molar-refractivity contribution in [1.29, 1.82) is 5.26 Å². The van der Waals surface area contributed by atoms with E-state index < -0.39 is 0 Å². The van der Waals surface area contributed by atoms with Gasteiger partial charge in [-0.05, 0) is 19.1 Å². The Morgan fingerprint density at radius 1 is 1.40 bits per heavy atom. The Kier molecular flexibility index (Phi) is 4.19. The number of halogens is 1.